The molecule has 0 aliphatic rings. The smallest absolute Gasteiger partial charge is 0.239 e. The van der Waals surface area contributed by atoms with E-state index in [1.54, 1.807) is 0 Å². The largest absolute Gasteiger partial charge is 0.374 e. The summed E-state index contributed by atoms with van der Waals surface area (Å²) < 4.78 is 0.685. The second kappa shape index (κ2) is 5.09. The molecular formula is C8H11ClN2OS. The van der Waals surface area contributed by atoms with E-state index in [1.807, 2.05) is 18.4 Å². The van der Waals surface area contributed by atoms with E-state index in [4.69, 9.17) is 11.6 Å². The Morgan fingerprint density at radius 3 is 3.00 bits per heavy atom. The first-order chi connectivity index (χ1) is 6.24. The van der Waals surface area contributed by atoms with Crippen molar-refractivity contribution < 1.29 is 4.79 Å². The van der Waals surface area contributed by atoms with E-state index in [1.165, 1.54) is 11.3 Å². The summed E-state index contributed by atoms with van der Waals surface area (Å²) in [6.07, 6.45) is 0. The maximum atomic E-state index is 11.0. The number of anilines is 1. The van der Waals surface area contributed by atoms with Gasteiger partial charge < -0.3 is 10.6 Å². The van der Waals surface area contributed by atoms with Crippen molar-refractivity contribution in [1.29, 1.82) is 0 Å². The zero-order valence-electron chi connectivity index (χ0n) is 7.26. The molecule has 3 nitrogen and oxygen atoms in total. The van der Waals surface area contributed by atoms with E-state index in [0.29, 0.717) is 10.9 Å². The molecule has 0 aliphatic carbocycles. The number of rotatable bonds is 4. The number of carbonyl (C=O) groups excluding carboxylic acids is 1. The number of hydrogen-bond acceptors (Lipinski definition) is 3. The predicted octanol–water partition coefficient (Wildman–Crippen LogP) is 1.95. The average Bonchev–Trinajstić information content (AvgIpc) is 2.48. The fourth-order valence-corrected chi connectivity index (χ4v) is 1.73. The van der Waals surface area contributed by atoms with Gasteiger partial charge in [0.1, 0.15) is 4.34 Å². The molecule has 5 heteroatoms. The summed E-state index contributed by atoms with van der Waals surface area (Å²) in [6, 6.07) is 1.85. The molecule has 0 saturated heterocycles. The Bertz CT molecular complexity index is 287. The number of carbonyl (C=O) groups is 1. The van der Waals surface area contributed by atoms with Crippen molar-refractivity contribution in [2.45, 2.75) is 6.92 Å². The number of likely N-dealkylation sites (N-methyl/N-ethyl adjacent to an activating group) is 1. The minimum absolute atomic E-state index is 0.0234. The van der Waals surface area contributed by atoms with Gasteiger partial charge in [0.2, 0.25) is 5.91 Å². The Morgan fingerprint density at radius 2 is 2.46 bits per heavy atom. The third-order valence-electron chi connectivity index (χ3n) is 1.43. The molecule has 0 atom stereocenters. The van der Waals surface area contributed by atoms with E-state index in [0.717, 1.165) is 5.69 Å². The summed E-state index contributed by atoms with van der Waals surface area (Å²) >= 11 is 7.27. The Morgan fingerprint density at radius 1 is 1.69 bits per heavy atom. The minimum Gasteiger partial charge on any atom is -0.374 e. The van der Waals surface area contributed by atoms with Crippen LogP contribution in [0.25, 0.3) is 0 Å². The minimum atomic E-state index is -0.0234. The highest BCUT2D eigenvalue weighted by Crippen LogP contribution is 2.27. The van der Waals surface area contributed by atoms with Gasteiger partial charge in [0.25, 0.3) is 0 Å². The highest BCUT2D eigenvalue weighted by molar-refractivity contribution is 7.15. The van der Waals surface area contributed by atoms with Gasteiger partial charge in [-0.2, -0.15) is 0 Å². The maximum Gasteiger partial charge on any atom is 0.239 e. The van der Waals surface area contributed by atoms with Gasteiger partial charge in [-0.25, -0.2) is 0 Å². The molecule has 0 aromatic carbocycles. The van der Waals surface area contributed by atoms with Crippen LogP contribution in [0.5, 0.6) is 0 Å². The molecule has 0 aliphatic heterocycles. The maximum absolute atomic E-state index is 11.0. The highest BCUT2D eigenvalue weighted by atomic mass is 35.5. The van der Waals surface area contributed by atoms with E-state index < -0.39 is 0 Å². The lowest BCUT2D eigenvalue weighted by Gasteiger charge is -2.04. The lowest BCUT2D eigenvalue weighted by atomic mass is 10.5. The predicted molar refractivity (Wildman–Crippen MR) is 56.5 cm³/mol. The summed E-state index contributed by atoms with van der Waals surface area (Å²) in [5.41, 5.74) is 0.818. The second-order valence-electron chi connectivity index (χ2n) is 2.42. The van der Waals surface area contributed by atoms with Crippen LogP contribution in [0.1, 0.15) is 6.92 Å². The van der Waals surface area contributed by atoms with Gasteiger partial charge in [0.05, 0.1) is 12.2 Å². The van der Waals surface area contributed by atoms with Crippen molar-refractivity contribution in [3.63, 3.8) is 0 Å². The molecule has 0 fully saturated rings. The van der Waals surface area contributed by atoms with Crippen molar-refractivity contribution >= 4 is 34.5 Å². The third kappa shape index (κ3) is 3.24. The Hall–Kier alpha value is -0.740. The van der Waals surface area contributed by atoms with Gasteiger partial charge in [-0.3, -0.25) is 4.79 Å². The molecule has 1 amide bonds. The summed E-state index contributed by atoms with van der Waals surface area (Å²) in [6.45, 7) is 2.80. The van der Waals surface area contributed by atoms with Crippen LogP contribution in [0.2, 0.25) is 4.34 Å². The summed E-state index contributed by atoms with van der Waals surface area (Å²) in [4.78, 5) is 11.0. The summed E-state index contributed by atoms with van der Waals surface area (Å²) in [5, 5.41) is 7.51. The number of hydrogen-bond donors (Lipinski definition) is 2. The van der Waals surface area contributed by atoms with Crippen LogP contribution in [0.15, 0.2) is 11.4 Å². The molecular weight excluding hydrogens is 208 g/mol. The topological polar surface area (TPSA) is 41.1 Å². The SMILES string of the molecule is CCNC(=O)CNc1ccsc1Cl. The number of halogens is 1. The second-order valence-corrected chi connectivity index (χ2v) is 3.93. The number of nitrogens with one attached hydrogen (secondary N) is 2. The lowest BCUT2D eigenvalue weighted by Crippen LogP contribution is -2.29. The standard InChI is InChI=1S/C8H11ClN2OS/c1-2-10-7(12)5-11-6-3-4-13-8(6)9/h3-4,11H,2,5H2,1H3,(H,10,12). The average molecular weight is 219 g/mol. The van der Waals surface area contributed by atoms with E-state index in [-0.39, 0.29) is 12.5 Å². The van der Waals surface area contributed by atoms with Crippen LogP contribution >= 0.6 is 22.9 Å². The van der Waals surface area contributed by atoms with Crippen molar-refractivity contribution in [3.8, 4) is 0 Å². The lowest BCUT2D eigenvalue weighted by molar-refractivity contribution is -0.119. The molecule has 1 aromatic heterocycles. The van der Waals surface area contributed by atoms with Crippen LogP contribution in [0.4, 0.5) is 5.69 Å². The van der Waals surface area contributed by atoms with Crippen LogP contribution in [0.3, 0.4) is 0 Å². The van der Waals surface area contributed by atoms with E-state index in [2.05, 4.69) is 10.6 Å². The Balaban J connectivity index is 2.35. The van der Waals surface area contributed by atoms with Gasteiger partial charge in [0, 0.05) is 6.54 Å². The van der Waals surface area contributed by atoms with Crippen LogP contribution in [0, 0.1) is 0 Å². The fourth-order valence-electron chi connectivity index (χ4n) is 0.854. The molecule has 2 N–H and O–H groups in total. The first-order valence-electron chi connectivity index (χ1n) is 3.97. The highest BCUT2D eigenvalue weighted by Gasteiger charge is 2.02. The summed E-state index contributed by atoms with van der Waals surface area (Å²) in [5.74, 6) is -0.0234. The van der Waals surface area contributed by atoms with Crippen LogP contribution in [-0.2, 0) is 4.79 Å². The zero-order valence-corrected chi connectivity index (χ0v) is 8.84. The summed E-state index contributed by atoms with van der Waals surface area (Å²) in [7, 11) is 0. The molecule has 1 aromatic rings. The monoisotopic (exact) mass is 218 g/mol. The van der Waals surface area contributed by atoms with Crippen LogP contribution < -0.4 is 10.6 Å². The zero-order chi connectivity index (χ0) is 9.68. The normalized spacial score (nSPS) is 9.69. The van der Waals surface area contributed by atoms with Crippen molar-refractivity contribution in [2.24, 2.45) is 0 Å². The van der Waals surface area contributed by atoms with Gasteiger partial charge in [-0.15, -0.1) is 11.3 Å². The molecule has 0 saturated carbocycles. The van der Waals surface area contributed by atoms with Crippen molar-refractivity contribution in [2.75, 3.05) is 18.4 Å². The van der Waals surface area contributed by atoms with Crippen molar-refractivity contribution in [1.82, 2.24) is 5.32 Å². The third-order valence-corrected chi connectivity index (χ3v) is 2.60. The molecule has 0 spiro atoms. The van der Waals surface area contributed by atoms with Gasteiger partial charge in [-0.1, -0.05) is 11.6 Å². The van der Waals surface area contributed by atoms with Gasteiger partial charge in [0.15, 0.2) is 0 Å². The van der Waals surface area contributed by atoms with Gasteiger partial charge in [-0.05, 0) is 18.4 Å². The fraction of sp³-hybridized carbons (Fsp3) is 0.375. The molecule has 13 heavy (non-hydrogen) atoms. The quantitative estimate of drug-likeness (QED) is 0.811. The Kier molecular flexibility index (Phi) is 4.05. The molecule has 0 unspecified atom stereocenters. The molecule has 1 rings (SSSR count). The number of amides is 1. The molecule has 0 radical (unpaired) electrons. The van der Waals surface area contributed by atoms with E-state index >= 15 is 0 Å². The first kappa shape index (κ1) is 10.3. The van der Waals surface area contributed by atoms with E-state index in [9.17, 15) is 4.79 Å². The molecule has 1 heterocycles. The molecule has 72 valence electrons. The van der Waals surface area contributed by atoms with Crippen molar-refractivity contribution in [3.05, 3.63) is 15.8 Å². The first-order valence-corrected chi connectivity index (χ1v) is 5.23. The number of thiophene rings is 1. The van der Waals surface area contributed by atoms with Gasteiger partial charge >= 0.3 is 0 Å². The Labute approximate surface area is 86.1 Å². The van der Waals surface area contributed by atoms with Crippen LogP contribution in [-0.4, -0.2) is 19.0 Å². The molecule has 0 bridgehead atoms.